The van der Waals surface area contributed by atoms with Crippen LogP contribution >= 0.6 is 0 Å². The first-order valence-corrected chi connectivity index (χ1v) is 7.25. The molecule has 1 aliphatic heterocycles. The van der Waals surface area contributed by atoms with E-state index in [4.69, 9.17) is 4.84 Å². The van der Waals surface area contributed by atoms with Gasteiger partial charge in [-0.15, -0.1) is 6.58 Å². The van der Waals surface area contributed by atoms with Crippen molar-refractivity contribution < 1.29 is 24.6 Å². The zero-order valence-electron chi connectivity index (χ0n) is 12.6. The maximum atomic E-state index is 11.9. The van der Waals surface area contributed by atoms with Gasteiger partial charge in [-0.1, -0.05) is 36.4 Å². The van der Waals surface area contributed by atoms with Gasteiger partial charge in [0.2, 0.25) is 0 Å². The Bertz CT molecular complexity index is 577. The molecule has 0 aromatic heterocycles. The second kappa shape index (κ2) is 7.26. The fourth-order valence-electron chi connectivity index (χ4n) is 2.92. The van der Waals surface area contributed by atoms with Crippen molar-refractivity contribution in [2.75, 3.05) is 13.2 Å². The first-order valence-electron chi connectivity index (χ1n) is 7.25. The van der Waals surface area contributed by atoms with Crippen LogP contribution in [0.5, 0.6) is 0 Å². The molecule has 0 bridgehead atoms. The van der Waals surface area contributed by atoms with Gasteiger partial charge >= 0.3 is 12.1 Å². The minimum atomic E-state index is -1.51. The lowest BCUT2D eigenvalue weighted by atomic mass is 9.87. The minimum absolute atomic E-state index is 0.0472. The molecule has 0 radical (unpaired) electrons. The second-order valence-electron chi connectivity index (χ2n) is 5.51. The molecule has 124 valence electrons. The van der Waals surface area contributed by atoms with Crippen LogP contribution in [0.2, 0.25) is 0 Å². The lowest BCUT2D eigenvalue weighted by Gasteiger charge is -2.32. The standard InChI is InChI=1S/C16H20N2O5/c1-2-8-23-17-13-10-16(14(19)20,18(11-13)15(21)22)9-12-6-4-3-5-7-12/h2-7,13,17H,1,8-11H2,(H,19,20)(H,21,22). The average molecular weight is 320 g/mol. The molecular formula is C16H20N2O5. The van der Waals surface area contributed by atoms with Crippen LogP contribution in [0.3, 0.4) is 0 Å². The zero-order chi connectivity index (χ0) is 16.9. The molecule has 3 N–H and O–H groups in total. The average Bonchev–Trinajstić information content (AvgIpc) is 2.89. The Balaban J connectivity index is 2.24. The van der Waals surface area contributed by atoms with E-state index >= 15 is 0 Å². The number of hydrogen-bond donors (Lipinski definition) is 3. The summed E-state index contributed by atoms with van der Waals surface area (Å²) in [6, 6.07) is 8.61. The van der Waals surface area contributed by atoms with Crippen molar-refractivity contribution in [2.45, 2.75) is 24.4 Å². The molecule has 2 rings (SSSR count). The number of carbonyl (C=O) groups is 2. The van der Waals surface area contributed by atoms with Gasteiger partial charge in [0.25, 0.3) is 0 Å². The summed E-state index contributed by atoms with van der Waals surface area (Å²) < 4.78 is 0. The topological polar surface area (TPSA) is 99.1 Å². The number of carboxylic acids is 1. The first kappa shape index (κ1) is 17.0. The number of carboxylic acid groups (broad SMARTS) is 2. The predicted molar refractivity (Wildman–Crippen MR) is 82.9 cm³/mol. The number of rotatable bonds is 7. The number of likely N-dealkylation sites (tertiary alicyclic amines) is 1. The van der Waals surface area contributed by atoms with Gasteiger partial charge in [-0.25, -0.2) is 9.59 Å². The Labute approximate surface area is 134 Å². The molecule has 1 heterocycles. The SMILES string of the molecule is C=CCONC1CN(C(=O)O)C(Cc2ccccc2)(C(=O)O)C1. The summed E-state index contributed by atoms with van der Waals surface area (Å²) in [4.78, 5) is 29.6. The molecular weight excluding hydrogens is 300 g/mol. The van der Waals surface area contributed by atoms with Gasteiger partial charge in [0.05, 0.1) is 12.6 Å². The molecule has 0 spiro atoms. The lowest BCUT2D eigenvalue weighted by Crippen LogP contribution is -2.54. The normalized spacial score (nSPS) is 23.7. The third kappa shape index (κ3) is 3.69. The van der Waals surface area contributed by atoms with E-state index in [1.54, 1.807) is 30.3 Å². The monoisotopic (exact) mass is 320 g/mol. The highest BCUT2D eigenvalue weighted by Gasteiger charge is 2.54. The maximum Gasteiger partial charge on any atom is 0.408 e. The summed E-state index contributed by atoms with van der Waals surface area (Å²) in [7, 11) is 0. The first-order chi connectivity index (χ1) is 11.0. The molecule has 1 amide bonds. The van der Waals surface area contributed by atoms with Gasteiger partial charge in [0.1, 0.15) is 5.54 Å². The van der Waals surface area contributed by atoms with Crippen LogP contribution in [-0.4, -0.2) is 51.9 Å². The lowest BCUT2D eigenvalue weighted by molar-refractivity contribution is -0.148. The molecule has 2 atom stereocenters. The van der Waals surface area contributed by atoms with E-state index < -0.39 is 23.6 Å². The number of benzene rings is 1. The van der Waals surface area contributed by atoms with Crippen LogP contribution in [-0.2, 0) is 16.1 Å². The molecule has 7 heteroatoms. The summed E-state index contributed by atoms with van der Waals surface area (Å²) in [6.07, 6.45) is 0.526. The van der Waals surface area contributed by atoms with Crippen molar-refractivity contribution in [3.05, 3.63) is 48.6 Å². The molecule has 0 aliphatic carbocycles. The van der Waals surface area contributed by atoms with E-state index in [0.29, 0.717) is 0 Å². The van der Waals surface area contributed by atoms with Crippen molar-refractivity contribution in [2.24, 2.45) is 0 Å². The molecule has 2 unspecified atom stereocenters. The van der Waals surface area contributed by atoms with Gasteiger partial charge in [-0.3, -0.25) is 9.74 Å². The van der Waals surface area contributed by atoms with Crippen LogP contribution in [0.15, 0.2) is 43.0 Å². The molecule has 1 fully saturated rings. The van der Waals surface area contributed by atoms with Gasteiger partial charge in [-0.05, 0) is 5.56 Å². The van der Waals surface area contributed by atoms with Crippen LogP contribution in [0.4, 0.5) is 4.79 Å². The highest BCUT2D eigenvalue weighted by atomic mass is 16.6. The summed E-state index contributed by atoms with van der Waals surface area (Å²) in [5.74, 6) is -1.16. The highest BCUT2D eigenvalue weighted by Crippen LogP contribution is 2.33. The Kier molecular flexibility index (Phi) is 5.36. The second-order valence-corrected chi connectivity index (χ2v) is 5.51. The summed E-state index contributed by atoms with van der Waals surface area (Å²) >= 11 is 0. The van der Waals surface area contributed by atoms with Crippen LogP contribution in [0.25, 0.3) is 0 Å². The Morgan fingerprint density at radius 3 is 2.65 bits per heavy atom. The zero-order valence-corrected chi connectivity index (χ0v) is 12.6. The van der Waals surface area contributed by atoms with E-state index in [-0.39, 0.29) is 26.0 Å². The third-order valence-electron chi connectivity index (χ3n) is 3.92. The van der Waals surface area contributed by atoms with E-state index in [2.05, 4.69) is 12.1 Å². The molecule has 1 aliphatic rings. The summed E-state index contributed by atoms with van der Waals surface area (Å²) in [5, 5.41) is 19.2. The Hall–Kier alpha value is -2.38. The number of amides is 1. The van der Waals surface area contributed by atoms with Crippen LogP contribution in [0, 0.1) is 0 Å². The van der Waals surface area contributed by atoms with Gasteiger partial charge in [0, 0.05) is 19.4 Å². The molecule has 7 nitrogen and oxygen atoms in total. The fraction of sp³-hybridized carbons (Fsp3) is 0.375. The number of hydrogen-bond acceptors (Lipinski definition) is 4. The Morgan fingerprint density at radius 1 is 1.39 bits per heavy atom. The number of aliphatic carboxylic acids is 1. The van der Waals surface area contributed by atoms with Crippen molar-refractivity contribution in [3.8, 4) is 0 Å². The summed E-state index contributed by atoms with van der Waals surface area (Å²) in [6.45, 7) is 3.82. The highest BCUT2D eigenvalue weighted by molar-refractivity contribution is 5.85. The quantitative estimate of drug-likeness (QED) is 0.400. The van der Waals surface area contributed by atoms with Crippen molar-refractivity contribution in [1.82, 2.24) is 10.4 Å². The number of hydroxylamine groups is 1. The molecule has 23 heavy (non-hydrogen) atoms. The van der Waals surface area contributed by atoms with Crippen molar-refractivity contribution in [3.63, 3.8) is 0 Å². The van der Waals surface area contributed by atoms with Crippen LogP contribution < -0.4 is 5.48 Å². The molecule has 0 saturated carbocycles. The van der Waals surface area contributed by atoms with E-state index in [9.17, 15) is 19.8 Å². The molecule has 1 aromatic rings. The van der Waals surface area contributed by atoms with Crippen LogP contribution in [0.1, 0.15) is 12.0 Å². The number of nitrogens with zero attached hydrogens (tertiary/aromatic N) is 1. The van der Waals surface area contributed by atoms with E-state index in [1.165, 1.54) is 0 Å². The fourth-order valence-corrected chi connectivity index (χ4v) is 2.92. The summed E-state index contributed by atoms with van der Waals surface area (Å²) in [5.41, 5.74) is 1.98. The maximum absolute atomic E-state index is 11.9. The third-order valence-corrected chi connectivity index (χ3v) is 3.92. The van der Waals surface area contributed by atoms with Crippen molar-refractivity contribution >= 4 is 12.1 Å². The Morgan fingerprint density at radius 2 is 2.09 bits per heavy atom. The molecule has 1 aromatic carbocycles. The smallest absolute Gasteiger partial charge is 0.408 e. The van der Waals surface area contributed by atoms with Gasteiger partial charge < -0.3 is 10.2 Å². The van der Waals surface area contributed by atoms with E-state index in [1.807, 2.05) is 6.07 Å². The van der Waals surface area contributed by atoms with Gasteiger partial charge in [0.15, 0.2) is 0 Å². The van der Waals surface area contributed by atoms with Crippen molar-refractivity contribution in [1.29, 1.82) is 0 Å². The minimum Gasteiger partial charge on any atom is -0.479 e. The molecule has 1 saturated heterocycles. The van der Waals surface area contributed by atoms with E-state index in [0.717, 1.165) is 10.5 Å². The number of nitrogens with one attached hydrogen (secondary N) is 1. The largest absolute Gasteiger partial charge is 0.479 e. The predicted octanol–water partition coefficient (Wildman–Crippen LogP) is 1.51. The van der Waals surface area contributed by atoms with Gasteiger partial charge in [-0.2, -0.15) is 5.48 Å².